The van der Waals surface area contributed by atoms with Crippen LogP contribution >= 0.6 is 0 Å². The maximum atomic E-state index is 13.2. The lowest BCUT2D eigenvalue weighted by molar-refractivity contribution is -0.129. The van der Waals surface area contributed by atoms with Crippen molar-refractivity contribution in [3.05, 3.63) is 12.0 Å². The van der Waals surface area contributed by atoms with E-state index < -0.39 is 5.82 Å². The third kappa shape index (κ3) is 2.49. The third-order valence-electron chi connectivity index (χ3n) is 2.90. The number of methoxy groups -OCH3 is 1. The van der Waals surface area contributed by atoms with Gasteiger partial charge in [0.05, 0.1) is 13.3 Å². The van der Waals surface area contributed by atoms with E-state index in [9.17, 15) is 9.18 Å². The Balaban J connectivity index is 2.07. The molecule has 1 aliphatic heterocycles. The first-order valence-corrected chi connectivity index (χ1v) is 5.69. The highest BCUT2D eigenvalue weighted by atomic mass is 19.1. The van der Waals surface area contributed by atoms with E-state index in [0.717, 1.165) is 6.20 Å². The standard InChI is InChI=1S/C11H15FN4O2/c1-8(17)15-3-5-16(6-4-15)11-13-7-9(12)10(14-11)18-2/h7H,3-6H2,1-2H3. The van der Waals surface area contributed by atoms with Crippen molar-refractivity contribution >= 4 is 11.9 Å². The van der Waals surface area contributed by atoms with Gasteiger partial charge >= 0.3 is 0 Å². The molecule has 2 rings (SSSR count). The van der Waals surface area contributed by atoms with Crippen molar-refractivity contribution in [3.63, 3.8) is 0 Å². The van der Waals surface area contributed by atoms with Crippen LogP contribution < -0.4 is 9.64 Å². The molecule has 1 amide bonds. The van der Waals surface area contributed by atoms with Crippen LogP contribution in [-0.4, -0.2) is 54.1 Å². The first-order valence-electron chi connectivity index (χ1n) is 5.69. The Hall–Kier alpha value is -1.92. The Kier molecular flexibility index (Phi) is 3.59. The minimum atomic E-state index is -0.580. The zero-order valence-electron chi connectivity index (χ0n) is 10.4. The van der Waals surface area contributed by atoms with Gasteiger partial charge in [0, 0.05) is 33.1 Å². The lowest BCUT2D eigenvalue weighted by atomic mass is 10.3. The Bertz CT molecular complexity index is 447. The second-order valence-corrected chi connectivity index (χ2v) is 4.02. The average Bonchev–Trinajstić information content (AvgIpc) is 2.39. The molecule has 0 aliphatic carbocycles. The molecular weight excluding hydrogens is 239 g/mol. The zero-order chi connectivity index (χ0) is 13.1. The number of piperazine rings is 1. The van der Waals surface area contributed by atoms with Crippen LogP contribution in [-0.2, 0) is 4.79 Å². The van der Waals surface area contributed by atoms with Crippen molar-refractivity contribution in [2.24, 2.45) is 0 Å². The SMILES string of the molecule is COc1nc(N2CCN(C(C)=O)CC2)ncc1F. The van der Waals surface area contributed by atoms with E-state index in [0.29, 0.717) is 32.1 Å². The third-order valence-corrected chi connectivity index (χ3v) is 2.90. The van der Waals surface area contributed by atoms with Gasteiger partial charge in [-0.15, -0.1) is 0 Å². The summed E-state index contributed by atoms with van der Waals surface area (Å²) in [4.78, 5) is 22.8. The summed E-state index contributed by atoms with van der Waals surface area (Å²) in [6.45, 7) is 4.06. The molecule has 0 saturated carbocycles. The molecule has 0 unspecified atom stereocenters. The van der Waals surface area contributed by atoms with E-state index in [-0.39, 0.29) is 11.8 Å². The summed E-state index contributed by atoms with van der Waals surface area (Å²) < 4.78 is 18.0. The van der Waals surface area contributed by atoms with Gasteiger partial charge in [0.2, 0.25) is 17.7 Å². The predicted molar refractivity (Wildman–Crippen MR) is 63.0 cm³/mol. The molecule has 6 nitrogen and oxygen atoms in total. The lowest BCUT2D eigenvalue weighted by Gasteiger charge is -2.34. The van der Waals surface area contributed by atoms with Gasteiger partial charge in [-0.3, -0.25) is 4.79 Å². The summed E-state index contributed by atoms with van der Waals surface area (Å²) >= 11 is 0. The van der Waals surface area contributed by atoms with Gasteiger partial charge in [-0.05, 0) is 0 Å². The van der Waals surface area contributed by atoms with Crippen LogP contribution in [0.5, 0.6) is 5.88 Å². The van der Waals surface area contributed by atoms with E-state index in [1.807, 2.05) is 4.90 Å². The van der Waals surface area contributed by atoms with E-state index >= 15 is 0 Å². The van der Waals surface area contributed by atoms with E-state index in [1.165, 1.54) is 7.11 Å². The Morgan fingerprint density at radius 3 is 2.61 bits per heavy atom. The van der Waals surface area contributed by atoms with Crippen LogP contribution in [0.1, 0.15) is 6.92 Å². The Morgan fingerprint density at radius 1 is 1.39 bits per heavy atom. The second kappa shape index (κ2) is 5.16. The van der Waals surface area contributed by atoms with E-state index in [4.69, 9.17) is 4.74 Å². The number of ether oxygens (including phenoxy) is 1. The molecular formula is C11H15FN4O2. The maximum Gasteiger partial charge on any atom is 0.255 e. The fourth-order valence-electron chi connectivity index (χ4n) is 1.86. The van der Waals surface area contributed by atoms with Crippen molar-refractivity contribution < 1.29 is 13.9 Å². The summed E-state index contributed by atoms with van der Waals surface area (Å²) in [5.41, 5.74) is 0. The van der Waals surface area contributed by atoms with Crippen molar-refractivity contribution in [2.45, 2.75) is 6.92 Å². The molecule has 7 heteroatoms. The average molecular weight is 254 g/mol. The normalized spacial score (nSPS) is 15.7. The summed E-state index contributed by atoms with van der Waals surface area (Å²) in [7, 11) is 1.36. The number of carbonyl (C=O) groups excluding carboxylic acids is 1. The molecule has 0 N–H and O–H groups in total. The zero-order valence-corrected chi connectivity index (χ0v) is 10.4. The maximum absolute atomic E-state index is 13.2. The van der Waals surface area contributed by atoms with E-state index in [1.54, 1.807) is 11.8 Å². The van der Waals surface area contributed by atoms with Crippen molar-refractivity contribution in [2.75, 3.05) is 38.2 Å². The van der Waals surface area contributed by atoms with Crippen molar-refractivity contribution in [1.82, 2.24) is 14.9 Å². The van der Waals surface area contributed by atoms with Gasteiger partial charge in [-0.2, -0.15) is 9.37 Å². The fraction of sp³-hybridized carbons (Fsp3) is 0.545. The minimum absolute atomic E-state index is 0.0611. The van der Waals surface area contributed by atoms with Gasteiger partial charge in [0.15, 0.2) is 0 Å². The smallest absolute Gasteiger partial charge is 0.255 e. The molecule has 18 heavy (non-hydrogen) atoms. The molecule has 1 aromatic heterocycles. The van der Waals surface area contributed by atoms with Crippen molar-refractivity contribution in [3.8, 4) is 5.88 Å². The summed E-state index contributed by atoms with van der Waals surface area (Å²) in [5, 5.41) is 0. The van der Waals surface area contributed by atoms with Crippen LogP contribution in [0.4, 0.5) is 10.3 Å². The first kappa shape index (κ1) is 12.5. The number of hydrogen-bond acceptors (Lipinski definition) is 5. The molecule has 1 aliphatic rings. The summed E-state index contributed by atoms with van der Waals surface area (Å²) in [5.74, 6) is -0.152. The number of hydrogen-bond donors (Lipinski definition) is 0. The highest BCUT2D eigenvalue weighted by Crippen LogP contribution is 2.17. The summed E-state index contributed by atoms with van der Waals surface area (Å²) in [6, 6.07) is 0. The van der Waals surface area contributed by atoms with Crippen LogP contribution in [0, 0.1) is 5.82 Å². The van der Waals surface area contributed by atoms with Gasteiger partial charge in [-0.25, -0.2) is 4.98 Å². The minimum Gasteiger partial charge on any atom is -0.479 e. The summed E-state index contributed by atoms with van der Waals surface area (Å²) in [6.07, 6.45) is 1.10. The quantitative estimate of drug-likeness (QED) is 0.759. The number of halogens is 1. The molecule has 0 bridgehead atoms. The number of carbonyl (C=O) groups is 1. The topological polar surface area (TPSA) is 58.6 Å². The molecule has 0 spiro atoms. The van der Waals surface area contributed by atoms with Gasteiger partial charge in [0.1, 0.15) is 0 Å². The fourth-order valence-corrected chi connectivity index (χ4v) is 1.86. The highest BCUT2D eigenvalue weighted by Gasteiger charge is 2.21. The van der Waals surface area contributed by atoms with Crippen LogP contribution in [0.15, 0.2) is 6.20 Å². The number of anilines is 1. The number of amides is 1. The molecule has 0 aromatic carbocycles. The number of rotatable bonds is 2. The predicted octanol–water partition coefficient (Wildman–Crippen LogP) is 0.293. The Labute approximate surface area is 104 Å². The molecule has 2 heterocycles. The molecule has 1 aromatic rings. The first-order chi connectivity index (χ1) is 8.61. The molecule has 0 atom stereocenters. The molecule has 1 fully saturated rings. The largest absolute Gasteiger partial charge is 0.479 e. The number of nitrogens with zero attached hydrogens (tertiary/aromatic N) is 4. The van der Waals surface area contributed by atoms with Crippen LogP contribution in [0.3, 0.4) is 0 Å². The van der Waals surface area contributed by atoms with Crippen molar-refractivity contribution in [1.29, 1.82) is 0 Å². The second-order valence-electron chi connectivity index (χ2n) is 4.02. The monoisotopic (exact) mass is 254 g/mol. The van der Waals surface area contributed by atoms with Crippen LogP contribution in [0.2, 0.25) is 0 Å². The molecule has 1 saturated heterocycles. The van der Waals surface area contributed by atoms with Gasteiger partial charge in [0.25, 0.3) is 5.88 Å². The van der Waals surface area contributed by atoms with Gasteiger partial charge < -0.3 is 14.5 Å². The number of aromatic nitrogens is 2. The Morgan fingerprint density at radius 2 is 2.06 bits per heavy atom. The highest BCUT2D eigenvalue weighted by molar-refractivity contribution is 5.73. The molecule has 98 valence electrons. The van der Waals surface area contributed by atoms with Crippen LogP contribution in [0.25, 0.3) is 0 Å². The van der Waals surface area contributed by atoms with E-state index in [2.05, 4.69) is 9.97 Å². The molecule has 0 radical (unpaired) electrons. The lowest BCUT2D eigenvalue weighted by Crippen LogP contribution is -2.48. The van der Waals surface area contributed by atoms with Gasteiger partial charge in [-0.1, -0.05) is 0 Å².